The van der Waals surface area contributed by atoms with Gasteiger partial charge in [0.05, 0.1) is 5.69 Å². The van der Waals surface area contributed by atoms with Crippen molar-refractivity contribution in [3.05, 3.63) is 15.6 Å². The molecule has 1 aromatic heterocycles. The van der Waals surface area contributed by atoms with E-state index >= 15 is 0 Å². The molecular formula is C11H12N2O3S. The third-order valence-corrected chi connectivity index (χ3v) is 2.87. The van der Waals surface area contributed by atoms with Gasteiger partial charge in [0.15, 0.2) is 5.01 Å². The van der Waals surface area contributed by atoms with Crippen molar-refractivity contribution in [1.82, 2.24) is 10.3 Å². The molecule has 90 valence electrons. The summed E-state index contributed by atoms with van der Waals surface area (Å²) in [6.07, 6.45) is 0.514. The summed E-state index contributed by atoms with van der Waals surface area (Å²) in [5.41, 5.74) is 0.480. The summed E-state index contributed by atoms with van der Waals surface area (Å²) in [7, 11) is 0. The molecule has 1 amide bonds. The number of aromatic carboxylic acids is 1. The Hall–Kier alpha value is -1.87. The maximum absolute atomic E-state index is 10.8. The summed E-state index contributed by atoms with van der Waals surface area (Å²) in [5.74, 6) is 4.53. The molecule has 0 aliphatic rings. The lowest BCUT2D eigenvalue weighted by atomic mass is 10.4. The van der Waals surface area contributed by atoms with Crippen LogP contribution in [-0.2, 0) is 4.79 Å². The van der Waals surface area contributed by atoms with Crippen molar-refractivity contribution in [2.45, 2.75) is 20.3 Å². The minimum absolute atomic E-state index is 0.0925. The highest BCUT2D eigenvalue weighted by Crippen LogP contribution is 2.16. The summed E-state index contributed by atoms with van der Waals surface area (Å²) in [5, 5.41) is 11.9. The van der Waals surface area contributed by atoms with Gasteiger partial charge in [-0.15, -0.1) is 0 Å². The van der Waals surface area contributed by atoms with Crippen molar-refractivity contribution in [3.8, 4) is 11.8 Å². The molecule has 0 saturated carbocycles. The molecule has 1 aromatic rings. The number of carboxylic acid groups (broad SMARTS) is 1. The lowest BCUT2D eigenvalue weighted by Crippen LogP contribution is -2.20. The van der Waals surface area contributed by atoms with Crippen LogP contribution in [0.2, 0.25) is 0 Å². The Morgan fingerprint density at radius 3 is 2.76 bits per heavy atom. The molecule has 1 rings (SSSR count). The van der Waals surface area contributed by atoms with Crippen molar-refractivity contribution in [1.29, 1.82) is 0 Å². The molecular weight excluding hydrogens is 240 g/mol. The Morgan fingerprint density at radius 2 is 2.24 bits per heavy atom. The lowest BCUT2D eigenvalue weighted by Gasteiger charge is -1.93. The normalized spacial score (nSPS) is 9.29. The highest BCUT2D eigenvalue weighted by Gasteiger charge is 2.12. The number of aromatic nitrogens is 1. The Balaban J connectivity index is 2.57. The van der Waals surface area contributed by atoms with E-state index in [9.17, 15) is 9.59 Å². The van der Waals surface area contributed by atoms with E-state index in [4.69, 9.17) is 5.11 Å². The van der Waals surface area contributed by atoms with Gasteiger partial charge >= 0.3 is 5.97 Å². The van der Waals surface area contributed by atoms with Crippen LogP contribution in [0, 0.1) is 18.8 Å². The maximum atomic E-state index is 10.8. The zero-order chi connectivity index (χ0) is 12.8. The van der Waals surface area contributed by atoms with E-state index in [1.807, 2.05) is 0 Å². The van der Waals surface area contributed by atoms with Crippen LogP contribution in [-0.4, -0.2) is 28.5 Å². The van der Waals surface area contributed by atoms with Crippen LogP contribution in [0.5, 0.6) is 0 Å². The Kier molecular flexibility index (Phi) is 4.67. The Labute approximate surface area is 103 Å². The van der Waals surface area contributed by atoms with Gasteiger partial charge < -0.3 is 10.4 Å². The van der Waals surface area contributed by atoms with Gasteiger partial charge in [-0.1, -0.05) is 17.3 Å². The van der Waals surface area contributed by atoms with Crippen LogP contribution < -0.4 is 5.32 Å². The predicted molar refractivity (Wildman–Crippen MR) is 64.0 cm³/mol. The first-order chi connectivity index (χ1) is 8.00. The number of nitrogens with zero attached hydrogens (tertiary/aromatic N) is 1. The van der Waals surface area contributed by atoms with Gasteiger partial charge in [0, 0.05) is 19.9 Å². The first kappa shape index (κ1) is 13.2. The number of hydrogen-bond acceptors (Lipinski definition) is 4. The second kappa shape index (κ2) is 6.01. The number of carbonyl (C=O) groups is 2. The zero-order valence-electron chi connectivity index (χ0n) is 9.53. The molecule has 0 radical (unpaired) electrons. The van der Waals surface area contributed by atoms with E-state index in [1.165, 1.54) is 6.92 Å². The minimum Gasteiger partial charge on any atom is -0.477 e. The molecule has 0 saturated heterocycles. The van der Waals surface area contributed by atoms with Gasteiger partial charge in [0.25, 0.3) is 0 Å². The summed E-state index contributed by atoms with van der Waals surface area (Å²) in [4.78, 5) is 25.6. The highest BCUT2D eigenvalue weighted by molar-refractivity contribution is 7.14. The van der Waals surface area contributed by atoms with Gasteiger partial charge in [0.2, 0.25) is 5.91 Å². The van der Waals surface area contributed by atoms with E-state index in [-0.39, 0.29) is 10.8 Å². The Morgan fingerprint density at radius 1 is 1.53 bits per heavy atom. The molecule has 0 unspecified atom stereocenters. The number of carboxylic acids is 1. The quantitative estimate of drug-likeness (QED) is 0.622. The lowest BCUT2D eigenvalue weighted by molar-refractivity contribution is -0.118. The molecule has 2 N–H and O–H groups in total. The van der Waals surface area contributed by atoms with E-state index in [1.54, 1.807) is 6.92 Å². The zero-order valence-corrected chi connectivity index (χ0v) is 10.3. The van der Waals surface area contributed by atoms with Crippen LogP contribution in [0.4, 0.5) is 0 Å². The van der Waals surface area contributed by atoms with E-state index in [0.29, 0.717) is 23.7 Å². The minimum atomic E-state index is -0.980. The molecule has 0 fully saturated rings. The number of carbonyl (C=O) groups excluding carboxylic acids is 1. The summed E-state index contributed by atoms with van der Waals surface area (Å²) < 4.78 is 0. The standard InChI is InChI=1S/C11H12N2O3S/c1-7-10(11(15)16)17-9(13-7)5-3-4-6-12-8(2)14/h4,6H2,1-2H3,(H,12,14)(H,15,16). The van der Waals surface area contributed by atoms with Crippen molar-refractivity contribution in [2.24, 2.45) is 0 Å². The number of hydrogen-bond donors (Lipinski definition) is 2. The second-order valence-electron chi connectivity index (χ2n) is 3.27. The fourth-order valence-electron chi connectivity index (χ4n) is 1.09. The molecule has 5 nitrogen and oxygen atoms in total. The predicted octanol–water partition coefficient (Wildman–Crippen LogP) is 1.03. The molecule has 0 atom stereocenters. The number of rotatable bonds is 3. The first-order valence-corrected chi connectivity index (χ1v) is 5.76. The van der Waals surface area contributed by atoms with Crippen molar-refractivity contribution in [3.63, 3.8) is 0 Å². The number of nitrogens with one attached hydrogen (secondary N) is 1. The van der Waals surface area contributed by atoms with Crippen LogP contribution in [0.1, 0.15) is 33.7 Å². The Bertz CT molecular complexity index is 497. The average molecular weight is 252 g/mol. The van der Waals surface area contributed by atoms with E-state index in [2.05, 4.69) is 22.1 Å². The molecule has 0 aromatic carbocycles. The third-order valence-electron chi connectivity index (χ3n) is 1.81. The van der Waals surface area contributed by atoms with E-state index in [0.717, 1.165) is 11.3 Å². The van der Waals surface area contributed by atoms with Gasteiger partial charge in [-0.2, -0.15) is 0 Å². The van der Waals surface area contributed by atoms with Gasteiger partial charge in [0.1, 0.15) is 4.88 Å². The molecule has 17 heavy (non-hydrogen) atoms. The average Bonchev–Trinajstić information content (AvgIpc) is 2.59. The number of amides is 1. The van der Waals surface area contributed by atoms with Crippen LogP contribution in [0.25, 0.3) is 0 Å². The molecule has 0 aliphatic heterocycles. The molecule has 6 heteroatoms. The summed E-state index contributed by atoms with van der Waals surface area (Å²) in [6, 6.07) is 0. The van der Waals surface area contributed by atoms with Gasteiger partial charge in [-0.25, -0.2) is 9.78 Å². The van der Waals surface area contributed by atoms with Gasteiger partial charge in [-0.3, -0.25) is 4.79 Å². The monoisotopic (exact) mass is 252 g/mol. The SMILES string of the molecule is CC(=O)NCCC#Cc1nc(C)c(C(=O)O)s1. The van der Waals surface area contributed by atoms with Crippen molar-refractivity contribution < 1.29 is 14.7 Å². The van der Waals surface area contributed by atoms with Crippen molar-refractivity contribution in [2.75, 3.05) is 6.54 Å². The third kappa shape index (κ3) is 4.25. The van der Waals surface area contributed by atoms with Gasteiger partial charge in [-0.05, 0) is 12.8 Å². The molecule has 0 aliphatic carbocycles. The van der Waals surface area contributed by atoms with Crippen LogP contribution >= 0.6 is 11.3 Å². The number of thiazole rings is 1. The summed E-state index contributed by atoms with van der Waals surface area (Å²) >= 11 is 1.06. The molecule has 1 heterocycles. The fourth-order valence-corrected chi connectivity index (χ4v) is 1.87. The van der Waals surface area contributed by atoms with Crippen LogP contribution in [0.3, 0.4) is 0 Å². The van der Waals surface area contributed by atoms with Crippen LogP contribution in [0.15, 0.2) is 0 Å². The molecule has 0 spiro atoms. The number of aryl methyl sites for hydroxylation is 1. The highest BCUT2D eigenvalue weighted by atomic mass is 32.1. The van der Waals surface area contributed by atoms with E-state index < -0.39 is 5.97 Å². The first-order valence-electron chi connectivity index (χ1n) is 4.94. The molecule has 0 bridgehead atoms. The summed E-state index contributed by atoms with van der Waals surface area (Å²) in [6.45, 7) is 3.57. The largest absolute Gasteiger partial charge is 0.477 e. The topological polar surface area (TPSA) is 79.3 Å². The second-order valence-corrected chi connectivity index (χ2v) is 4.27. The van der Waals surface area contributed by atoms with Crippen molar-refractivity contribution >= 4 is 23.2 Å². The maximum Gasteiger partial charge on any atom is 0.347 e. The smallest absolute Gasteiger partial charge is 0.347 e. The fraction of sp³-hybridized carbons (Fsp3) is 0.364.